The minimum atomic E-state index is -4.73. The van der Waals surface area contributed by atoms with Crippen LogP contribution in [0.2, 0.25) is 5.02 Å². The Hall–Kier alpha value is -4.98. The van der Waals surface area contributed by atoms with Crippen LogP contribution < -0.4 is 20.9 Å². The molecule has 4 aromatic rings. The summed E-state index contributed by atoms with van der Waals surface area (Å²) >= 11 is 6.58. The molecule has 0 amide bonds. The summed E-state index contributed by atoms with van der Waals surface area (Å²) < 4.78 is 49.1. The first-order valence-electron chi connectivity index (χ1n) is 11.1. The van der Waals surface area contributed by atoms with Gasteiger partial charge in [-0.15, -0.1) is 0 Å². The number of fused-ring (bicyclic) bond motifs is 1. The molecule has 0 bridgehead atoms. The fourth-order valence-electron chi connectivity index (χ4n) is 3.67. The summed E-state index contributed by atoms with van der Waals surface area (Å²) in [5, 5.41) is 13.3. The van der Waals surface area contributed by atoms with Crippen molar-refractivity contribution in [2.45, 2.75) is 6.18 Å². The van der Waals surface area contributed by atoms with E-state index < -0.39 is 17.3 Å². The van der Waals surface area contributed by atoms with Crippen molar-refractivity contribution in [3.63, 3.8) is 0 Å². The van der Waals surface area contributed by atoms with E-state index in [1.807, 2.05) is 0 Å². The number of anilines is 2. The number of alkyl halides is 3. The van der Waals surface area contributed by atoms with Gasteiger partial charge in [0.1, 0.15) is 21.9 Å². The quantitative estimate of drug-likeness (QED) is 0.238. The van der Waals surface area contributed by atoms with Gasteiger partial charge in [0.2, 0.25) is 5.95 Å². The van der Waals surface area contributed by atoms with Crippen molar-refractivity contribution in [2.75, 3.05) is 5.32 Å². The van der Waals surface area contributed by atoms with E-state index in [4.69, 9.17) is 21.7 Å². The summed E-state index contributed by atoms with van der Waals surface area (Å²) in [5.41, 5.74) is -1.23. The molecule has 1 aliphatic heterocycles. The van der Waals surface area contributed by atoms with E-state index in [0.717, 1.165) is 10.8 Å². The van der Waals surface area contributed by atoms with E-state index >= 15 is 0 Å². The zero-order valence-electron chi connectivity index (χ0n) is 19.9. The third kappa shape index (κ3) is 4.96. The Bertz CT molecular complexity index is 1740. The van der Waals surface area contributed by atoms with Gasteiger partial charge in [-0.2, -0.15) is 18.2 Å². The number of aromatic nitrogens is 5. The van der Waals surface area contributed by atoms with Crippen LogP contribution in [-0.2, 0) is 13.2 Å². The molecule has 0 aromatic carbocycles. The monoisotopic (exact) mass is 555 g/mol. The van der Waals surface area contributed by atoms with Crippen LogP contribution in [0.5, 0.6) is 5.75 Å². The molecule has 39 heavy (non-hydrogen) atoms. The highest BCUT2D eigenvalue weighted by Gasteiger charge is 2.33. The Balaban J connectivity index is 1.56. The maximum Gasteiger partial charge on any atom is 0.417 e. The molecule has 0 saturated heterocycles. The number of imidazole rings is 1. The lowest BCUT2D eigenvalue weighted by Gasteiger charge is -2.14. The Labute approximate surface area is 222 Å². The highest BCUT2D eigenvalue weighted by molar-refractivity contribution is 6.36. The molecule has 1 aliphatic rings. The number of aryl methyl sites for hydroxylation is 1. The lowest BCUT2D eigenvalue weighted by Crippen LogP contribution is -2.24. The number of hydrogen-bond acceptors (Lipinski definition) is 9. The van der Waals surface area contributed by atoms with E-state index in [1.54, 1.807) is 13.2 Å². The normalized spacial score (nSPS) is 14.3. The van der Waals surface area contributed by atoms with Crippen LogP contribution in [0.3, 0.4) is 0 Å². The van der Waals surface area contributed by atoms with Crippen LogP contribution in [0, 0.1) is 5.41 Å². The van der Waals surface area contributed by atoms with Crippen LogP contribution >= 0.6 is 11.6 Å². The topological polar surface area (TPSA) is 135 Å². The van der Waals surface area contributed by atoms with E-state index in [1.165, 1.54) is 47.7 Å². The molecular formula is C24H17ClF3N9O2. The fraction of sp³-hybridized carbons (Fsp3) is 0.0833. The highest BCUT2D eigenvalue weighted by atomic mass is 35.5. The Morgan fingerprint density at radius 1 is 1.31 bits per heavy atom. The predicted octanol–water partition coefficient (Wildman–Crippen LogP) is 4.32. The van der Waals surface area contributed by atoms with Crippen molar-refractivity contribution >= 4 is 46.8 Å². The minimum Gasteiger partial charge on any atom is -0.450 e. The number of aliphatic imine (C=N–C) groups is 1. The summed E-state index contributed by atoms with van der Waals surface area (Å²) in [6, 6.07) is 3.66. The second kappa shape index (κ2) is 10.1. The van der Waals surface area contributed by atoms with Gasteiger partial charge in [-0.3, -0.25) is 19.3 Å². The average Bonchev–Trinajstić information content (AvgIpc) is 3.25. The summed E-state index contributed by atoms with van der Waals surface area (Å²) in [5.74, 6) is 0.196. The van der Waals surface area contributed by atoms with E-state index in [2.05, 4.69) is 30.6 Å². The maximum atomic E-state index is 13.7. The lowest BCUT2D eigenvalue weighted by atomic mass is 10.2. The first kappa shape index (κ1) is 25.7. The van der Waals surface area contributed by atoms with Gasteiger partial charge in [-0.25, -0.2) is 4.98 Å². The van der Waals surface area contributed by atoms with Crippen molar-refractivity contribution in [1.82, 2.24) is 29.4 Å². The predicted molar refractivity (Wildman–Crippen MR) is 139 cm³/mol. The molecule has 3 N–H and O–H groups in total. The molecule has 0 saturated carbocycles. The van der Waals surface area contributed by atoms with E-state index in [-0.39, 0.29) is 45.0 Å². The van der Waals surface area contributed by atoms with Gasteiger partial charge < -0.3 is 25.3 Å². The molecule has 5 rings (SSSR count). The molecule has 0 fully saturated rings. The largest absolute Gasteiger partial charge is 0.450 e. The van der Waals surface area contributed by atoms with Crippen molar-refractivity contribution in [1.29, 1.82) is 5.41 Å². The molecule has 11 nitrogen and oxygen atoms in total. The minimum absolute atomic E-state index is 0.00237. The maximum absolute atomic E-state index is 13.7. The Kier molecular flexibility index (Phi) is 6.62. The van der Waals surface area contributed by atoms with Gasteiger partial charge in [0.25, 0.3) is 5.56 Å². The van der Waals surface area contributed by atoms with E-state index in [9.17, 15) is 18.0 Å². The molecular weight excluding hydrogens is 539 g/mol. The van der Waals surface area contributed by atoms with Crippen molar-refractivity contribution in [2.24, 2.45) is 12.0 Å². The van der Waals surface area contributed by atoms with Crippen molar-refractivity contribution < 1.29 is 17.9 Å². The average molecular weight is 556 g/mol. The van der Waals surface area contributed by atoms with Crippen LogP contribution in [0.1, 0.15) is 5.56 Å². The number of pyridine rings is 3. The molecule has 5 heterocycles. The highest BCUT2D eigenvalue weighted by Crippen LogP contribution is 2.35. The molecule has 198 valence electrons. The van der Waals surface area contributed by atoms with Crippen LogP contribution in [-0.4, -0.2) is 36.5 Å². The number of nitrogens with one attached hydrogen (secondary N) is 3. The van der Waals surface area contributed by atoms with Gasteiger partial charge in [0.15, 0.2) is 17.2 Å². The standard InChI is InChI=1S/C24H17ClF3N9O2/c1-36-20-19(25)18(39-17(8-29)16-10-31-5-6-32-16)11-33-21(20)35-23(36)34-15-7-13(24(26,27)28)12-37(22(15)38)14-3-2-4-30-9-14/h2-12,29,32H,1H3,(H,33,34,35)/b17-16+,29-8?. The first-order chi connectivity index (χ1) is 18.7. The molecule has 0 aliphatic carbocycles. The third-order valence-electron chi connectivity index (χ3n) is 5.54. The van der Waals surface area contributed by atoms with Gasteiger partial charge >= 0.3 is 6.18 Å². The second-order valence-corrected chi connectivity index (χ2v) is 8.40. The molecule has 0 radical (unpaired) electrons. The van der Waals surface area contributed by atoms with Gasteiger partial charge in [0, 0.05) is 31.8 Å². The zero-order chi connectivity index (χ0) is 27.7. The number of nitrogens with zero attached hydrogens (tertiary/aromatic N) is 6. The third-order valence-corrected chi connectivity index (χ3v) is 5.90. The summed E-state index contributed by atoms with van der Waals surface area (Å²) in [7, 11) is 1.54. The second-order valence-electron chi connectivity index (χ2n) is 8.02. The van der Waals surface area contributed by atoms with Gasteiger partial charge in [-0.05, 0) is 18.2 Å². The number of rotatable bonds is 6. The lowest BCUT2D eigenvalue weighted by molar-refractivity contribution is -0.137. The van der Waals surface area contributed by atoms with E-state index in [0.29, 0.717) is 18.0 Å². The van der Waals surface area contributed by atoms with Gasteiger partial charge in [0.05, 0.1) is 36.1 Å². The molecule has 15 heteroatoms. The molecule has 4 aromatic heterocycles. The van der Waals surface area contributed by atoms with Crippen LogP contribution in [0.4, 0.5) is 24.8 Å². The van der Waals surface area contributed by atoms with Crippen LogP contribution in [0.25, 0.3) is 16.9 Å². The fourth-order valence-corrected chi connectivity index (χ4v) is 3.97. The first-order valence-corrected chi connectivity index (χ1v) is 11.4. The number of halogens is 4. The van der Waals surface area contributed by atoms with Crippen LogP contribution in [0.15, 0.2) is 76.6 Å². The number of ether oxygens (including phenoxy) is 1. The summed E-state index contributed by atoms with van der Waals surface area (Å²) in [6.45, 7) is 0. The SMILES string of the molecule is Cn1c(Nc2cc(C(F)(F)F)cn(-c3cccnc3)c2=O)nc2ncc(O/C(C=N)=C3\C=NC=CN3)c(Cl)c21. The smallest absolute Gasteiger partial charge is 0.417 e. The zero-order valence-corrected chi connectivity index (χ0v) is 20.6. The Morgan fingerprint density at radius 2 is 2.13 bits per heavy atom. The van der Waals surface area contributed by atoms with Crippen molar-refractivity contribution in [3.8, 4) is 11.4 Å². The summed E-state index contributed by atoms with van der Waals surface area (Å²) in [4.78, 5) is 29.5. The molecule has 0 atom stereocenters. The Morgan fingerprint density at radius 3 is 2.79 bits per heavy atom. The molecule has 0 spiro atoms. The number of hydrogen-bond donors (Lipinski definition) is 3. The molecule has 0 unspecified atom stereocenters. The number of allylic oxidation sites excluding steroid dienone is 2. The van der Waals surface area contributed by atoms with Gasteiger partial charge in [-0.1, -0.05) is 11.6 Å². The summed E-state index contributed by atoms with van der Waals surface area (Å²) in [6.07, 6.45) is 5.48. The van der Waals surface area contributed by atoms with Crippen molar-refractivity contribution in [3.05, 3.63) is 87.8 Å².